The molecule has 0 unspecified atom stereocenters. The second-order valence-corrected chi connectivity index (χ2v) is 9.59. The smallest absolute Gasteiger partial charge is 0.313 e. The molecule has 208 valence electrons. The van der Waals surface area contributed by atoms with Crippen molar-refractivity contribution in [1.29, 1.82) is 0 Å². The molecule has 0 atom stereocenters. The number of halogens is 1. The Kier molecular flexibility index (Phi) is 7.12. The Morgan fingerprint density at radius 2 is 1.81 bits per heavy atom. The van der Waals surface area contributed by atoms with Gasteiger partial charge in [0.1, 0.15) is 17.9 Å². The molecule has 0 aliphatic rings. The van der Waals surface area contributed by atoms with Gasteiger partial charge < -0.3 is 13.9 Å². The van der Waals surface area contributed by atoms with E-state index < -0.39 is 10.5 Å². The third kappa shape index (κ3) is 5.06. The fraction of sp³-hybridized carbons (Fsp3) is 0.0645. The van der Waals surface area contributed by atoms with Crippen molar-refractivity contribution < 1.29 is 18.8 Å². The predicted octanol–water partition coefficient (Wildman–Crippen LogP) is 6.84. The van der Waals surface area contributed by atoms with Gasteiger partial charge in [0, 0.05) is 11.6 Å². The van der Waals surface area contributed by atoms with Crippen molar-refractivity contribution in [3.05, 3.63) is 128 Å². The first-order valence-corrected chi connectivity index (χ1v) is 13.1. The van der Waals surface area contributed by atoms with Crippen LogP contribution in [-0.4, -0.2) is 27.9 Å². The highest BCUT2D eigenvalue weighted by Crippen LogP contribution is 2.37. The molecular formula is C31H21ClN4O6. The number of ether oxygens (including phenoxy) is 2. The molecule has 11 heteroatoms. The molecule has 2 aromatic heterocycles. The van der Waals surface area contributed by atoms with Gasteiger partial charge in [-0.05, 0) is 42.0 Å². The molecule has 0 radical (unpaired) electrons. The lowest BCUT2D eigenvalue weighted by molar-refractivity contribution is -0.385. The van der Waals surface area contributed by atoms with Crippen LogP contribution in [0.3, 0.4) is 0 Å². The lowest BCUT2D eigenvalue weighted by Gasteiger charge is -2.10. The second kappa shape index (κ2) is 11.2. The number of rotatable bonds is 8. The number of hydrogen-bond acceptors (Lipinski definition) is 8. The van der Waals surface area contributed by atoms with Crippen LogP contribution in [0.1, 0.15) is 11.1 Å². The zero-order valence-electron chi connectivity index (χ0n) is 22.1. The first kappa shape index (κ1) is 26.7. The minimum absolute atomic E-state index is 0.0233. The van der Waals surface area contributed by atoms with Gasteiger partial charge in [-0.3, -0.25) is 14.9 Å². The Hall–Kier alpha value is -5.48. The molecule has 0 aliphatic heterocycles. The number of fused-ring (bicyclic) bond motifs is 2. The van der Waals surface area contributed by atoms with E-state index in [1.165, 1.54) is 18.3 Å². The summed E-state index contributed by atoms with van der Waals surface area (Å²) in [5.74, 6) is 0.945. The molecule has 0 bridgehead atoms. The summed E-state index contributed by atoms with van der Waals surface area (Å²) in [5.41, 5.74) is 1.30. The highest BCUT2D eigenvalue weighted by Gasteiger charge is 2.21. The Morgan fingerprint density at radius 3 is 2.60 bits per heavy atom. The van der Waals surface area contributed by atoms with Crippen LogP contribution in [0.15, 0.2) is 105 Å². The molecular weight excluding hydrogens is 560 g/mol. The van der Waals surface area contributed by atoms with Gasteiger partial charge in [-0.1, -0.05) is 60.1 Å². The lowest BCUT2D eigenvalue weighted by atomic mass is 10.2. The summed E-state index contributed by atoms with van der Waals surface area (Å²) in [6.07, 6.45) is 1.30. The Morgan fingerprint density at radius 1 is 1.02 bits per heavy atom. The molecule has 0 saturated carbocycles. The summed E-state index contributed by atoms with van der Waals surface area (Å²) in [4.78, 5) is 29.6. The minimum Gasteiger partial charge on any atom is -0.496 e. The highest BCUT2D eigenvalue weighted by molar-refractivity contribution is 6.32. The molecule has 0 spiro atoms. The zero-order chi connectivity index (χ0) is 29.2. The van der Waals surface area contributed by atoms with Crippen molar-refractivity contribution in [3.63, 3.8) is 0 Å². The summed E-state index contributed by atoms with van der Waals surface area (Å²) in [5, 5.41) is 17.4. The molecule has 0 saturated heterocycles. The third-order valence-corrected chi connectivity index (χ3v) is 6.79. The minimum atomic E-state index is -0.583. The van der Waals surface area contributed by atoms with Crippen LogP contribution in [-0.2, 0) is 6.61 Å². The monoisotopic (exact) mass is 580 g/mol. The maximum atomic E-state index is 13.6. The molecule has 0 fully saturated rings. The first-order valence-electron chi connectivity index (χ1n) is 12.7. The highest BCUT2D eigenvalue weighted by atomic mass is 35.5. The van der Waals surface area contributed by atoms with E-state index in [1.807, 2.05) is 30.3 Å². The van der Waals surface area contributed by atoms with Crippen LogP contribution in [0, 0.1) is 10.1 Å². The quantitative estimate of drug-likeness (QED) is 0.110. The summed E-state index contributed by atoms with van der Waals surface area (Å²) in [6, 6.07) is 25.9. The van der Waals surface area contributed by atoms with Gasteiger partial charge in [0.2, 0.25) is 11.6 Å². The number of furan rings is 1. The van der Waals surface area contributed by atoms with Gasteiger partial charge in [-0.15, -0.1) is 0 Å². The lowest BCUT2D eigenvalue weighted by Crippen LogP contribution is -2.20. The number of hydrogen-bond donors (Lipinski definition) is 0. The molecule has 10 nitrogen and oxygen atoms in total. The van der Waals surface area contributed by atoms with E-state index in [-0.39, 0.29) is 40.2 Å². The van der Waals surface area contributed by atoms with E-state index >= 15 is 0 Å². The first-order chi connectivity index (χ1) is 20.4. The van der Waals surface area contributed by atoms with Crippen LogP contribution >= 0.6 is 11.6 Å². The number of benzene rings is 4. The predicted molar refractivity (Wildman–Crippen MR) is 160 cm³/mol. The van der Waals surface area contributed by atoms with Crippen molar-refractivity contribution in [2.75, 3.05) is 7.11 Å². The van der Waals surface area contributed by atoms with E-state index in [0.717, 1.165) is 10.2 Å². The standard InChI is InChI=1S/C31H21ClN4O6/c1-40-26-12-7-13-27-22(26)16-28(42-27)30-34-24-11-6-5-10-21(24)31(37)35(30)33-17-20-14-23(32)29(25(15-20)36(38)39)41-18-19-8-3-2-4-9-19/h2-17H,18H2,1H3. The zero-order valence-corrected chi connectivity index (χ0v) is 22.8. The second-order valence-electron chi connectivity index (χ2n) is 9.18. The van der Waals surface area contributed by atoms with Crippen molar-refractivity contribution in [1.82, 2.24) is 9.66 Å². The molecule has 6 rings (SSSR count). The van der Waals surface area contributed by atoms with E-state index in [0.29, 0.717) is 27.6 Å². The van der Waals surface area contributed by atoms with Crippen LogP contribution in [0.5, 0.6) is 11.5 Å². The number of aromatic nitrogens is 2. The fourth-order valence-electron chi connectivity index (χ4n) is 4.52. The average Bonchev–Trinajstić information content (AvgIpc) is 3.45. The van der Waals surface area contributed by atoms with Gasteiger partial charge in [-0.2, -0.15) is 9.78 Å². The van der Waals surface area contributed by atoms with E-state index in [1.54, 1.807) is 55.6 Å². The number of para-hydroxylation sites is 1. The van der Waals surface area contributed by atoms with Gasteiger partial charge in [0.25, 0.3) is 5.56 Å². The Balaban J connectivity index is 1.44. The maximum absolute atomic E-state index is 13.6. The van der Waals surface area contributed by atoms with Gasteiger partial charge in [0.15, 0.2) is 5.76 Å². The SMILES string of the molecule is COc1cccc2oc(-c3nc4ccccc4c(=O)n3N=Cc3cc(Cl)c(OCc4ccccc4)c([N+](=O)[O-])c3)cc12. The number of nitro benzene ring substituents is 1. The average molecular weight is 581 g/mol. The largest absolute Gasteiger partial charge is 0.496 e. The topological polar surface area (TPSA) is 122 Å². The summed E-state index contributed by atoms with van der Waals surface area (Å²) >= 11 is 6.44. The van der Waals surface area contributed by atoms with Crippen molar-refractivity contribution in [2.45, 2.75) is 6.61 Å². The summed E-state index contributed by atoms with van der Waals surface area (Å²) < 4.78 is 18.3. The van der Waals surface area contributed by atoms with E-state index in [9.17, 15) is 14.9 Å². The molecule has 6 aromatic rings. The Labute approximate surface area is 243 Å². The van der Waals surface area contributed by atoms with Gasteiger partial charge in [-0.25, -0.2) is 4.98 Å². The van der Waals surface area contributed by atoms with Crippen LogP contribution in [0.2, 0.25) is 5.02 Å². The van der Waals surface area contributed by atoms with E-state index in [4.69, 9.17) is 25.5 Å². The summed E-state index contributed by atoms with van der Waals surface area (Å²) in [6.45, 7) is 0.0959. The molecule has 4 aromatic carbocycles. The van der Waals surface area contributed by atoms with Crippen molar-refractivity contribution in [3.8, 4) is 23.1 Å². The number of nitro groups is 1. The third-order valence-electron chi connectivity index (χ3n) is 6.51. The van der Waals surface area contributed by atoms with Crippen LogP contribution < -0.4 is 15.0 Å². The normalized spacial score (nSPS) is 11.4. The number of nitrogens with zero attached hydrogens (tertiary/aromatic N) is 4. The van der Waals surface area contributed by atoms with Gasteiger partial charge in [0.05, 0.1) is 39.6 Å². The van der Waals surface area contributed by atoms with E-state index in [2.05, 4.69) is 10.1 Å². The Bertz CT molecular complexity index is 2050. The van der Waals surface area contributed by atoms with Crippen LogP contribution in [0.25, 0.3) is 33.5 Å². The van der Waals surface area contributed by atoms with Gasteiger partial charge >= 0.3 is 5.69 Å². The number of methoxy groups -OCH3 is 1. The molecule has 2 heterocycles. The fourth-order valence-corrected chi connectivity index (χ4v) is 4.80. The molecule has 0 N–H and O–H groups in total. The maximum Gasteiger partial charge on any atom is 0.313 e. The molecule has 0 aliphatic carbocycles. The van der Waals surface area contributed by atoms with Crippen molar-refractivity contribution >= 4 is 45.4 Å². The van der Waals surface area contributed by atoms with Crippen LogP contribution in [0.4, 0.5) is 5.69 Å². The molecule has 0 amide bonds. The summed E-state index contributed by atoms with van der Waals surface area (Å²) in [7, 11) is 1.55. The van der Waals surface area contributed by atoms with Crippen molar-refractivity contribution in [2.24, 2.45) is 5.10 Å². The molecule has 42 heavy (non-hydrogen) atoms.